The molecule has 1 unspecified atom stereocenters. The molecule has 108 valence electrons. The Bertz CT molecular complexity index is 534. The Kier molecular flexibility index (Phi) is 5.02. The highest BCUT2D eigenvalue weighted by Gasteiger charge is 2.25. The van der Waals surface area contributed by atoms with E-state index in [4.69, 9.17) is 23.2 Å². The average Bonchev–Trinajstić information content (AvgIpc) is 2.75. The van der Waals surface area contributed by atoms with Crippen LogP contribution in [0, 0.1) is 0 Å². The van der Waals surface area contributed by atoms with E-state index >= 15 is 0 Å². The number of Topliss-reactive ketones (excluding diaryl/α,β-unsaturated/α-hetero) is 1. The van der Waals surface area contributed by atoms with Crippen molar-refractivity contribution in [1.82, 2.24) is 10.2 Å². The molecule has 0 bridgehead atoms. The molecule has 1 fully saturated rings. The molecule has 1 amide bonds. The van der Waals surface area contributed by atoms with Crippen molar-refractivity contribution in [3.8, 4) is 0 Å². The van der Waals surface area contributed by atoms with Gasteiger partial charge in [0.05, 0.1) is 11.6 Å². The van der Waals surface area contributed by atoms with Gasteiger partial charge >= 0.3 is 0 Å². The first-order chi connectivity index (χ1) is 9.45. The second kappa shape index (κ2) is 6.57. The molecule has 1 heterocycles. The van der Waals surface area contributed by atoms with Crippen LogP contribution in [0.4, 0.5) is 0 Å². The van der Waals surface area contributed by atoms with Crippen molar-refractivity contribution in [3.05, 3.63) is 33.8 Å². The summed E-state index contributed by atoms with van der Waals surface area (Å²) in [4.78, 5) is 25.2. The summed E-state index contributed by atoms with van der Waals surface area (Å²) < 4.78 is 0. The molecular weight excluding hydrogens is 299 g/mol. The largest absolute Gasteiger partial charge is 0.352 e. The van der Waals surface area contributed by atoms with Gasteiger partial charge in [-0.3, -0.25) is 14.5 Å². The summed E-state index contributed by atoms with van der Waals surface area (Å²) in [5, 5.41) is 3.76. The number of carbonyl (C=O) groups is 2. The molecule has 2 rings (SSSR count). The van der Waals surface area contributed by atoms with E-state index in [0.717, 1.165) is 13.0 Å². The van der Waals surface area contributed by atoms with Crippen LogP contribution in [-0.4, -0.2) is 42.3 Å². The summed E-state index contributed by atoms with van der Waals surface area (Å²) in [6, 6.07) is 5.00. The number of ketones is 1. The van der Waals surface area contributed by atoms with E-state index in [1.807, 2.05) is 4.90 Å². The first-order valence-corrected chi connectivity index (χ1v) is 7.19. The number of amides is 1. The third kappa shape index (κ3) is 3.95. The second-order valence-electron chi connectivity index (χ2n) is 4.97. The lowest BCUT2D eigenvalue weighted by molar-refractivity contribution is -0.119. The smallest absolute Gasteiger partial charge is 0.217 e. The van der Waals surface area contributed by atoms with Crippen molar-refractivity contribution in [2.75, 3.05) is 19.6 Å². The summed E-state index contributed by atoms with van der Waals surface area (Å²) in [5.74, 6) is -0.0703. The molecule has 4 nitrogen and oxygen atoms in total. The van der Waals surface area contributed by atoms with E-state index < -0.39 is 0 Å². The van der Waals surface area contributed by atoms with Crippen molar-refractivity contribution in [3.63, 3.8) is 0 Å². The zero-order valence-corrected chi connectivity index (χ0v) is 12.7. The molecule has 0 radical (unpaired) electrons. The molecule has 0 saturated carbocycles. The topological polar surface area (TPSA) is 49.4 Å². The third-order valence-corrected chi connectivity index (χ3v) is 3.83. The Morgan fingerprint density at radius 2 is 2.15 bits per heavy atom. The molecular formula is C14H16Cl2N2O2. The number of hydrogen-bond acceptors (Lipinski definition) is 3. The Labute approximate surface area is 128 Å². The number of nitrogens with one attached hydrogen (secondary N) is 1. The van der Waals surface area contributed by atoms with Crippen LogP contribution < -0.4 is 5.32 Å². The van der Waals surface area contributed by atoms with Gasteiger partial charge in [0, 0.05) is 36.6 Å². The van der Waals surface area contributed by atoms with Gasteiger partial charge in [-0.25, -0.2) is 0 Å². The summed E-state index contributed by atoms with van der Waals surface area (Å²) in [7, 11) is 0. The predicted molar refractivity (Wildman–Crippen MR) is 79.5 cm³/mol. The van der Waals surface area contributed by atoms with Crippen LogP contribution in [0.1, 0.15) is 23.7 Å². The molecule has 1 N–H and O–H groups in total. The van der Waals surface area contributed by atoms with Gasteiger partial charge in [0.2, 0.25) is 5.91 Å². The minimum Gasteiger partial charge on any atom is -0.352 e. The first-order valence-electron chi connectivity index (χ1n) is 6.43. The van der Waals surface area contributed by atoms with Gasteiger partial charge < -0.3 is 5.32 Å². The molecule has 0 aromatic heterocycles. The van der Waals surface area contributed by atoms with Gasteiger partial charge in [0.15, 0.2) is 5.78 Å². The summed E-state index contributed by atoms with van der Waals surface area (Å²) >= 11 is 11.8. The minimum atomic E-state index is -0.0380. The molecule has 1 aromatic carbocycles. The number of halogens is 2. The lowest BCUT2D eigenvalue weighted by atomic mass is 10.1. The van der Waals surface area contributed by atoms with Gasteiger partial charge in [-0.05, 0) is 24.6 Å². The van der Waals surface area contributed by atoms with Crippen LogP contribution >= 0.6 is 23.2 Å². The number of carbonyl (C=O) groups excluding carboxylic acids is 2. The van der Waals surface area contributed by atoms with Crippen LogP contribution in [0.15, 0.2) is 18.2 Å². The highest BCUT2D eigenvalue weighted by atomic mass is 35.5. The van der Waals surface area contributed by atoms with Crippen LogP contribution in [0.3, 0.4) is 0 Å². The van der Waals surface area contributed by atoms with Crippen LogP contribution in [0.2, 0.25) is 10.0 Å². The Morgan fingerprint density at radius 3 is 2.80 bits per heavy atom. The number of hydrogen-bond donors (Lipinski definition) is 1. The van der Waals surface area contributed by atoms with Gasteiger partial charge in [0.25, 0.3) is 0 Å². The van der Waals surface area contributed by atoms with Crippen LogP contribution in [-0.2, 0) is 4.79 Å². The molecule has 0 spiro atoms. The highest BCUT2D eigenvalue weighted by molar-refractivity contribution is 6.36. The Morgan fingerprint density at radius 1 is 1.40 bits per heavy atom. The Hall–Kier alpha value is -1.10. The summed E-state index contributed by atoms with van der Waals surface area (Å²) in [6.07, 6.45) is 0.862. The van der Waals surface area contributed by atoms with Crippen molar-refractivity contribution < 1.29 is 9.59 Å². The van der Waals surface area contributed by atoms with Crippen molar-refractivity contribution in [1.29, 1.82) is 0 Å². The number of rotatable bonds is 4. The average molecular weight is 315 g/mol. The molecule has 1 saturated heterocycles. The second-order valence-corrected chi connectivity index (χ2v) is 5.81. The van der Waals surface area contributed by atoms with Gasteiger partial charge in [-0.15, -0.1) is 0 Å². The molecule has 0 aliphatic carbocycles. The normalized spacial score (nSPS) is 19.1. The maximum absolute atomic E-state index is 12.2. The quantitative estimate of drug-likeness (QED) is 0.868. The molecule has 1 aliphatic rings. The zero-order valence-electron chi connectivity index (χ0n) is 11.2. The van der Waals surface area contributed by atoms with Gasteiger partial charge in [-0.2, -0.15) is 0 Å². The number of likely N-dealkylation sites (tertiary alicyclic amines) is 1. The fraction of sp³-hybridized carbons (Fsp3) is 0.429. The predicted octanol–water partition coefficient (Wildman–Crippen LogP) is 2.39. The van der Waals surface area contributed by atoms with Gasteiger partial charge in [-0.1, -0.05) is 23.2 Å². The van der Waals surface area contributed by atoms with E-state index in [1.165, 1.54) is 6.92 Å². The molecule has 1 aromatic rings. The maximum Gasteiger partial charge on any atom is 0.217 e. The number of nitrogens with zero attached hydrogens (tertiary/aromatic N) is 1. The summed E-state index contributed by atoms with van der Waals surface area (Å²) in [6.45, 7) is 3.29. The van der Waals surface area contributed by atoms with E-state index in [9.17, 15) is 9.59 Å². The highest BCUT2D eigenvalue weighted by Crippen LogP contribution is 2.22. The monoisotopic (exact) mass is 314 g/mol. The maximum atomic E-state index is 12.2. The molecule has 6 heteroatoms. The van der Waals surface area contributed by atoms with Gasteiger partial charge in [0.1, 0.15) is 0 Å². The number of benzene rings is 1. The Balaban J connectivity index is 1.94. The lowest BCUT2D eigenvalue weighted by Gasteiger charge is -2.15. The molecule has 1 atom stereocenters. The zero-order chi connectivity index (χ0) is 14.7. The molecule has 20 heavy (non-hydrogen) atoms. The van der Waals surface area contributed by atoms with E-state index in [2.05, 4.69) is 5.32 Å². The van der Waals surface area contributed by atoms with Crippen molar-refractivity contribution >= 4 is 34.9 Å². The SMILES string of the molecule is CC(=O)NC1CCN(CC(=O)c2ccc(Cl)cc2Cl)C1. The third-order valence-electron chi connectivity index (χ3n) is 3.28. The standard InChI is InChI=1S/C14H16Cl2N2O2/c1-9(19)17-11-4-5-18(7-11)8-14(20)12-3-2-10(15)6-13(12)16/h2-3,6,11H,4-5,7-8H2,1H3,(H,17,19). The fourth-order valence-electron chi connectivity index (χ4n) is 2.39. The van der Waals surface area contributed by atoms with Crippen molar-refractivity contribution in [2.45, 2.75) is 19.4 Å². The van der Waals surface area contributed by atoms with Crippen molar-refractivity contribution in [2.24, 2.45) is 0 Å². The van der Waals surface area contributed by atoms with E-state index in [-0.39, 0.29) is 17.7 Å². The minimum absolute atomic E-state index is 0.0323. The summed E-state index contributed by atoms with van der Waals surface area (Å²) in [5.41, 5.74) is 0.485. The van der Waals surface area contributed by atoms with E-state index in [0.29, 0.717) is 28.7 Å². The lowest BCUT2D eigenvalue weighted by Crippen LogP contribution is -2.36. The van der Waals surface area contributed by atoms with Crippen LogP contribution in [0.25, 0.3) is 0 Å². The van der Waals surface area contributed by atoms with Crippen LogP contribution in [0.5, 0.6) is 0 Å². The fourth-order valence-corrected chi connectivity index (χ4v) is 2.90. The molecule has 1 aliphatic heterocycles. The first kappa shape index (κ1) is 15.3. The van der Waals surface area contributed by atoms with E-state index in [1.54, 1.807) is 18.2 Å².